The van der Waals surface area contributed by atoms with Gasteiger partial charge in [0.2, 0.25) is 5.91 Å². The topological polar surface area (TPSA) is 66.2 Å². The highest BCUT2D eigenvalue weighted by molar-refractivity contribution is 7.90. The van der Waals surface area contributed by atoms with E-state index >= 15 is 0 Å². The number of nitrogens with two attached hydrogens (primary N) is 1. The number of hydrogen-bond donors (Lipinski definition) is 1. The Morgan fingerprint density at radius 3 is 2.04 bits per heavy atom. The van der Waals surface area contributed by atoms with Crippen LogP contribution in [-0.4, -0.2) is 16.7 Å². The Morgan fingerprint density at radius 1 is 1.08 bits per heavy atom. The van der Waals surface area contributed by atoms with Crippen LogP contribution in [0.1, 0.15) is 56.2 Å². The Bertz CT molecular complexity index is 737. The minimum Gasteiger partial charge on any atom is -0.612 e. The summed E-state index contributed by atoms with van der Waals surface area (Å²) in [6.45, 7) is 8.49. The van der Waals surface area contributed by atoms with E-state index in [-0.39, 0.29) is 24.2 Å². The van der Waals surface area contributed by atoms with Gasteiger partial charge in [0.25, 0.3) is 0 Å². The molecule has 0 saturated heterocycles. The summed E-state index contributed by atoms with van der Waals surface area (Å²) in [7, 11) is 0. The fourth-order valence-electron chi connectivity index (χ4n) is 3.24. The van der Waals surface area contributed by atoms with Gasteiger partial charge in [-0.2, -0.15) is 0 Å². The van der Waals surface area contributed by atoms with Crippen LogP contribution in [0.15, 0.2) is 41.3 Å². The molecule has 2 aromatic rings. The molecule has 0 spiro atoms. The maximum absolute atomic E-state index is 12.1. The first kappa shape index (κ1) is 19.5. The molecule has 1 unspecified atom stereocenters. The van der Waals surface area contributed by atoms with E-state index in [4.69, 9.17) is 5.73 Å². The van der Waals surface area contributed by atoms with Gasteiger partial charge in [-0.3, -0.25) is 4.79 Å². The molecular formula is C21H27NO2S. The summed E-state index contributed by atoms with van der Waals surface area (Å²) in [5, 5.41) is 0. The predicted molar refractivity (Wildman–Crippen MR) is 105 cm³/mol. The van der Waals surface area contributed by atoms with E-state index in [1.54, 1.807) is 6.26 Å². The van der Waals surface area contributed by atoms with Crippen molar-refractivity contribution in [3.8, 4) is 11.1 Å². The van der Waals surface area contributed by atoms with Gasteiger partial charge in [0, 0.05) is 5.56 Å². The molecule has 4 heteroatoms. The van der Waals surface area contributed by atoms with E-state index in [1.165, 1.54) is 0 Å². The molecule has 1 atom stereocenters. The lowest BCUT2D eigenvalue weighted by atomic mass is 9.84. The second-order valence-corrected chi connectivity index (χ2v) is 8.38. The molecular weight excluding hydrogens is 330 g/mol. The normalized spacial score (nSPS) is 12.6. The average molecular weight is 358 g/mol. The first-order valence-corrected chi connectivity index (χ1v) is 10.2. The van der Waals surface area contributed by atoms with E-state index < -0.39 is 11.2 Å². The van der Waals surface area contributed by atoms with Crippen LogP contribution in [0, 0.1) is 0 Å². The standard InChI is InChI=1S/C21H27NO2S/c1-13(2)17-10-15(16-8-6-7-9-20(16)25(5)24)11-18(14(3)4)19(17)12-21(22)23/h6-11,13-14H,12H2,1-5H3,(H2,22,23). The Morgan fingerprint density at radius 2 is 1.60 bits per heavy atom. The molecule has 134 valence electrons. The SMILES string of the molecule is CC(C)c1cc(-c2ccccc2[S+](C)[O-])cc(C(C)C)c1CC(N)=O. The number of carbonyl (C=O) groups is 1. The fraction of sp³-hybridized carbons (Fsp3) is 0.381. The maximum atomic E-state index is 12.1. The van der Waals surface area contributed by atoms with Crippen molar-refractivity contribution in [2.75, 3.05) is 6.26 Å². The second-order valence-electron chi connectivity index (χ2n) is 7.04. The van der Waals surface area contributed by atoms with Crippen molar-refractivity contribution < 1.29 is 9.35 Å². The molecule has 0 bridgehead atoms. The van der Waals surface area contributed by atoms with Gasteiger partial charge in [-0.15, -0.1) is 0 Å². The van der Waals surface area contributed by atoms with Crippen LogP contribution in [0.2, 0.25) is 0 Å². The molecule has 25 heavy (non-hydrogen) atoms. The van der Waals surface area contributed by atoms with E-state index in [9.17, 15) is 9.35 Å². The van der Waals surface area contributed by atoms with Gasteiger partial charge >= 0.3 is 0 Å². The van der Waals surface area contributed by atoms with E-state index in [2.05, 4.69) is 39.8 Å². The molecule has 1 amide bonds. The highest BCUT2D eigenvalue weighted by atomic mass is 32.2. The number of primary amides is 1. The first-order valence-electron chi connectivity index (χ1n) is 8.60. The predicted octanol–water partition coefficient (Wildman–Crippen LogP) is 4.37. The van der Waals surface area contributed by atoms with Crippen LogP contribution in [-0.2, 0) is 22.4 Å². The summed E-state index contributed by atoms with van der Waals surface area (Å²) < 4.78 is 12.1. The molecule has 0 radical (unpaired) electrons. The number of carbonyl (C=O) groups excluding carboxylic acids is 1. The van der Waals surface area contributed by atoms with Crippen molar-refractivity contribution in [1.29, 1.82) is 0 Å². The minimum atomic E-state index is -1.06. The van der Waals surface area contributed by atoms with Gasteiger partial charge in [-0.05, 0) is 57.4 Å². The van der Waals surface area contributed by atoms with E-state index in [0.29, 0.717) is 0 Å². The van der Waals surface area contributed by atoms with Crippen molar-refractivity contribution in [2.24, 2.45) is 5.73 Å². The number of rotatable bonds is 6. The largest absolute Gasteiger partial charge is 0.612 e. The molecule has 0 aliphatic heterocycles. The van der Waals surface area contributed by atoms with Crippen LogP contribution in [0.4, 0.5) is 0 Å². The van der Waals surface area contributed by atoms with Crippen molar-refractivity contribution in [2.45, 2.75) is 50.8 Å². The molecule has 2 rings (SSSR count). The summed E-state index contributed by atoms with van der Waals surface area (Å²) in [4.78, 5) is 12.4. The zero-order valence-electron chi connectivity index (χ0n) is 15.6. The van der Waals surface area contributed by atoms with Gasteiger partial charge in [-0.25, -0.2) is 0 Å². The van der Waals surface area contributed by atoms with E-state index in [1.807, 2.05) is 24.3 Å². The third-order valence-electron chi connectivity index (χ3n) is 4.42. The minimum absolute atomic E-state index is 0.253. The van der Waals surface area contributed by atoms with Crippen LogP contribution in [0.5, 0.6) is 0 Å². The van der Waals surface area contributed by atoms with Gasteiger partial charge in [-0.1, -0.05) is 52.0 Å². The van der Waals surface area contributed by atoms with Crippen molar-refractivity contribution in [1.82, 2.24) is 0 Å². The number of amides is 1. The number of benzene rings is 2. The Balaban J connectivity index is 2.75. The monoisotopic (exact) mass is 357 g/mol. The quantitative estimate of drug-likeness (QED) is 0.780. The third kappa shape index (κ3) is 4.44. The van der Waals surface area contributed by atoms with Gasteiger partial charge in [0.1, 0.15) is 6.26 Å². The molecule has 2 N–H and O–H groups in total. The second kappa shape index (κ2) is 8.07. The molecule has 2 aromatic carbocycles. The van der Waals surface area contributed by atoms with Crippen LogP contribution in [0.25, 0.3) is 11.1 Å². The van der Waals surface area contributed by atoms with Crippen LogP contribution in [0.3, 0.4) is 0 Å². The van der Waals surface area contributed by atoms with Crippen molar-refractivity contribution in [3.63, 3.8) is 0 Å². The molecule has 0 heterocycles. The Kier molecular flexibility index (Phi) is 6.31. The summed E-state index contributed by atoms with van der Waals surface area (Å²) in [6, 6.07) is 12.0. The van der Waals surface area contributed by atoms with Crippen LogP contribution < -0.4 is 5.73 Å². The average Bonchev–Trinajstić information content (AvgIpc) is 2.53. The Labute approximate surface area is 153 Å². The summed E-state index contributed by atoms with van der Waals surface area (Å²) in [5.41, 5.74) is 10.8. The fourth-order valence-corrected chi connectivity index (χ4v) is 4.00. The highest BCUT2D eigenvalue weighted by Gasteiger charge is 2.20. The molecule has 0 fully saturated rings. The number of hydrogen-bond acceptors (Lipinski definition) is 2. The van der Waals surface area contributed by atoms with Crippen LogP contribution >= 0.6 is 0 Å². The summed E-state index contributed by atoms with van der Waals surface area (Å²) >= 11 is -1.06. The van der Waals surface area contributed by atoms with Gasteiger partial charge < -0.3 is 10.3 Å². The molecule has 0 aliphatic carbocycles. The van der Waals surface area contributed by atoms with Crippen molar-refractivity contribution >= 4 is 17.1 Å². The molecule has 0 aromatic heterocycles. The molecule has 3 nitrogen and oxygen atoms in total. The lowest BCUT2D eigenvalue weighted by molar-refractivity contribution is -0.117. The highest BCUT2D eigenvalue weighted by Crippen LogP contribution is 2.36. The maximum Gasteiger partial charge on any atom is 0.221 e. The zero-order chi connectivity index (χ0) is 18.7. The van der Waals surface area contributed by atoms with E-state index in [0.717, 1.165) is 32.7 Å². The van der Waals surface area contributed by atoms with Crippen molar-refractivity contribution in [3.05, 3.63) is 53.1 Å². The lowest BCUT2D eigenvalue weighted by Crippen LogP contribution is -2.17. The molecule has 0 saturated carbocycles. The van der Waals surface area contributed by atoms with Gasteiger partial charge in [0.15, 0.2) is 4.90 Å². The smallest absolute Gasteiger partial charge is 0.221 e. The zero-order valence-corrected chi connectivity index (χ0v) is 16.4. The summed E-state index contributed by atoms with van der Waals surface area (Å²) in [5.74, 6) is 0.226. The Hall–Kier alpha value is -1.78. The third-order valence-corrected chi connectivity index (χ3v) is 5.40. The lowest BCUT2D eigenvalue weighted by Gasteiger charge is -2.22. The van der Waals surface area contributed by atoms with Gasteiger partial charge in [0.05, 0.1) is 6.42 Å². The molecule has 0 aliphatic rings. The first-order chi connectivity index (χ1) is 11.7. The summed E-state index contributed by atoms with van der Waals surface area (Å²) in [6.07, 6.45) is 1.95.